The lowest BCUT2D eigenvalue weighted by molar-refractivity contribution is -0.152. The molecular weight excluding hydrogens is 441 g/mol. The molecule has 9 nitrogen and oxygen atoms in total. The number of hydrogen-bond donors (Lipinski definition) is 2. The number of rotatable bonds is 9. The fourth-order valence-corrected chi connectivity index (χ4v) is 3.80. The van der Waals surface area contributed by atoms with Crippen molar-refractivity contribution >= 4 is 33.5 Å². The van der Waals surface area contributed by atoms with Gasteiger partial charge in [0, 0.05) is 31.8 Å². The summed E-state index contributed by atoms with van der Waals surface area (Å²) in [5.41, 5.74) is 0.724. The van der Waals surface area contributed by atoms with Gasteiger partial charge in [-0.05, 0) is 37.3 Å². The Kier molecular flexibility index (Phi) is 8.44. The lowest BCUT2D eigenvalue weighted by Crippen LogP contribution is -2.41. The van der Waals surface area contributed by atoms with Crippen LogP contribution in [0.15, 0.2) is 53.4 Å². The smallest absolute Gasteiger partial charge is 0.324 e. The first kappa shape index (κ1) is 25.0. The molecule has 0 bridgehead atoms. The molecule has 2 N–H and O–H groups in total. The van der Waals surface area contributed by atoms with Crippen molar-refractivity contribution in [2.75, 3.05) is 19.0 Å². The number of nitrogens with zero attached hydrogens (tertiary/aromatic N) is 1. The van der Waals surface area contributed by atoms with Crippen molar-refractivity contribution in [3.63, 3.8) is 0 Å². The molecule has 2 aromatic carbocycles. The highest BCUT2D eigenvalue weighted by atomic mass is 32.2. The number of benzene rings is 2. The molecular formula is C21H24FN3O6S. The Balaban J connectivity index is 1.89. The van der Waals surface area contributed by atoms with E-state index in [4.69, 9.17) is 4.74 Å². The van der Waals surface area contributed by atoms with Gasteiger partial charge in [-0.15, -0.1) is 0 Å². The zero-order chi connectivity index (χ0) is 23.9. The molecule has 172 valence electrons. The second-order valence-corrected chi connectivity index (χ2v) is 8.71. The average Bonchev–Trinajstić information content (AvgIpc) is 2.72. The molecule has 32 heavy (non-hydrogen) atoms. The monoisotopic (exact) mass is 465 g/mol. The summed E-state index contributed by atoms with van der Waals surface area (Å²) in [6.45, 7) is 1.96. The van der Waals surface area contributed by atoms with Crippen LogP contribution in [0.2, 0.25) is 0 Å². The molecule has 0 aromatic heterocycles. The minimum Gasteiger partial charge on any atom is -0.454 e. The van der Waals surface area contributed by atoms with Crippen molar-refractivity contribution in [1.29, 1.82) is 0 Å². The molecule has 0 unspecified atom stereocenters. The van der Waals surface area contributed by atoms with Crippen molar-refractivity contribution in [3.8, 4) is 0 Å². The van der Waals surface area contributed by atoms with Crippen LogP contribution in [0.25, 0.3) is 0 Å². The van der Waals surface area contributed by atoms with Gasteiger partial charge in [0.25, 0.3) is 5.91 Å². The largest absolute Gasteiger partial charge is 0.454 e. The minimum absolute atomic E-state index is 0.0142. The molecule has 2 amide bonds. The highest BCUT2D eigenvalue weighted by Crippen LogP contribution is 2.15. The van der Waals surface area contributed by atoms with Crippen molar-refractivity contribution in [2.45, 2.75) is 31.3 Å². The van der Waals surface area contributed by atoms with Gasteiger partial charge in [-0.25, -0.2) is 12.8 Å². The van der Waals surface area contributed by atoms with Gasteiger partial charge < -0.3 is 15.0 Å². The van der Waals surface area contributed by atoms with Gasteiger partial charge in [-0.3, -0.25) is 14.4 Å². The maximum atomic E-state index is 13.7. The van der Waals surface area contributed by atoms with Crippen LogP contribution in [0.1, 0.15) is 19.4 Å². The summed E-state index contributed by atoms with van der Waals surface area (Å²) in [5, 5.41) is 2.51. The number of carbonyl (C=O) groups excluding carboxylic acids is 3. The minimum atomic E-state index is -4.05. The fraction of sp³-hybridized carbons (Fsp3) is 0.286. The molecule has 0 saturated heterocycles. The standard InChI is InChI=1S/C21H24FN3O6S/c1-14(24-32(29,30)18-10-8-17(9-11-18)23-15(2)26)21(28)31-13-20(27)25(3)12-16-6-4-5-7-19(16)22/h4-11,14,24H,12-13H2,1-3H3,(H,23,26)/t14-/m0/s1. The SMILES string of the molecule is CC(=O)Nc1ccc(S(=O)(=O)N[C@@H](C)C(=O)OCC(=O)N(C)Cc2ccccc2F)cc1. The van der Waals surface area contributed by atoms with E-state index in [2.05, 4.69) is 10.0 Å². The first-order chi connectivity index (χ1) is 15.0. The predicted octanol–water partition coefficient (Wildman–Crippen LogP) is 1.65. The third kappa shape index (κ3) is 7.13. The average molecular weight is 466 g/mol. The number of likely N-dealkylation sites (N-methyl/N-ethyl adjacent to an activating group) is 1. The number of esters is 1. The molecule has 11 heteroatoms. The number of hydrogen-bond acceptors (Lipinski definition) is 6. The summed E-state index contributed by atoms with van der Waals surface area (Å²) in [4.78, 5) is 36.4. The number of sulfonamides is 1. The predicted molar refractivity (Wildman–Crippen MR) is 114 cm³/mol. The first-order valence-corrected chi connectivity index (χ1v) is 11.0. The van der Waals surface area contributed by atoms with Crippen molar-refractivity contribution in [1.82, 2.24) is 9.62 Å². The highest BCUT2D eigenvalue weighted by molar-refractivity contribution is 7.89. The quantitative estimate of drug-likeness (QED) is 0.543. The van der Waals surface area contributed by atoms with Crippen LogP contribution in [-0.4, -0.2) is 50.8 Å². The van der Waals surface area contributed by atoms with Crippen molar-refractivity contribution in [2.24, 2.45) is 0 Å². The maximum Gasteiger partial charge on any atom is 0.324 e. The number of halogens is 1. The molecule has 0 aliphatic carbocycles. The van der Waals surface area contributed by atoms with Crippen LogP contribution in [0.4, 0.5) is 10.1 Å². The van der Waals surface area contributed by atoms with Gasteiger partial charge in [0.05, 0.1) is 4.90 Å². The Bertz CT molecular complexity index is 1090. The molecule has 0 aliphatic rings. The lowest BCUT2D eigenvalue weighted by Gasteiger charge is -2.19. The van der Waals surface area contributed by atoms with E-state index >= 15 is 0 Å². The Hall–Kier alpha value is -3.31. The van der Waals surface area contributed by atoms with Gasteiger partial charge >= 0.3 is 5.97 Å². The number of nitrogens with one attached hydrogen (secondary N) is 2. The third-order valence-electron chi connectivity index (χ3n) is 4.30. The van der Waals surface area contributed by atoms with Gasteiger partial charge in [0.1, 0.15) is 11.9 Å². The molecule has 0 saturated carbocycles. The van der Waals surface area contributed by atoms with E-state index in [1.54, 1.807) is 6.07 Å². The maximum absolute atomic E-state index is 13.7. The summed E-state index contributed by atoms with van der Waals surface area (Å²) in [6.07, 6.45) is 0. The fourth-order valence-electron chi connectivity index (χ4n) is 2.61. The van der Waals surface area contributed by atoms with Crippen LogP contribution in [0, 0.1) is 5.82 Å². The van der Waals surface area contributed by atoms with E-state index in [1.165, 1.54) is 68.3 Å². The zero-order valence-corrected chi connectivity index (χ0v) is 18.6. The lowest BCUT2D eigenvalue weighted by atomic mass is 10.2. The molecule has 2 rings (SSSR count). The summed E-state index contributed by atoms with van der Waals surface area (Å²) < 4.78 is 45.7. The van der Waals surface area contributed by atoms with Crippen LogP contribution < -0.4 is 10.0 Å². The number of amides is 2. The molecule has 2 aromatic rings. The van der Waals surface area contributed by atoms with Gasteiger partial charge in [0.15, 0.2) is 6.61 Å². The van der Waals surface area contributed by atoms with E-state index in [0.29, 0.717) is 11.3 Å². The van der Waals surface area contributed by atoms with Gasteiger partial charge in [0.2, 0.25) is 15.9 Å². The normalized spacial score (nSPS) is 12.0. The summed E-state index contributed by atoms with van der Waals surface area (Å²) in [7, 11) is -2.62. The first-order valence-electron chi connectivity index (χ1n) is 9.53. The molecule has 0 aliphatic heterocycles. The topological polar surface area (TPSA) is 122 Å². The second-order valence-electron chi connectivity index (χ2n) is 7.00. The van der Waals surface area contributed by atoms with Crippen LogP contribution >= 0.6 is 0 Å². The molecule has 0 radical (unpaired) electrons. The Morgan fingerprint density at radius 2 is 1.72 bits per heavy atom. The van der Waals surface area contributed by atoms with E-state index < -0.39 is 40.4 Å². The van der Waals surface area contributed by atoms with Gasteiger partial charge in [-0.2, -0.15) is 4.72 Å². The van der Waals surface area contributed by atoms with Crippen LogP contribution in [-0.2, 0) is 35.7 Å². The highest BCUT2D eigenvalue weighted by Gasteiger charge is 2.24. The van der Waals surface area contributed by atoms with Crippen LogP contribution in [0.5, 0.6) is 0 Å². The summed E-state index contributed by atoms with van der Waals surface area (Å²) >= 11 is 0. The molecule has 0 heterocycles. The zero-order valence-electron chi connectivity index (χ0n) is 17.8. The number of anilines is 1. The Labute approximate surface area is 185 Å². The second kappa shape index (κ2) is 10.8. The molecule has 0 fully saturated rings. The summed E-state index contributed by atoms with van der Waals surface area (Å²) in [6, 6.07) is 10.1. The van der Waals surface area contributed by atoms with E-state index in [0.717, 1.165) is 0 Å². The Morgan fingerprint density at radius 1 is 1.09 bits per heavy atom. The number of carbonyl (C=O) groups is 3. The Morgan fingerprint density at radius 3 is 2.31 bits per heavy atom. The van der Waals surface area contributed by atoms with E-state index in [1.807, 2.05) is 0 Å². The van der Waals surface area contributed by atoms with Crippen molar-refractivity contribution in [3.05, 3.63) is 59.9 Å². The van der Waals surface area contributed by atoms with Crippen molar-refractivity contribution < 1.29 is 31.9 Å². The number of ether oxygens (including phenoxy) is 1. The molecule has 0 spiro atoms. The van der Waals surface area contributed by atoms with Crippen LogP contribution in [0.3, 0.4) is 0 Å². The van der Waals surface area contributed by atoms with Gasteiger partial charge in [-0.1, -0.05) is 18.2 Å². The molecule has 1 atom stereocenters. The van der Waals surface area contributed by atoms with E-state index in [9.17, 15) is 27.2 Å². The third-order valence-corrected chi connectivity index (χ3v) is 5.86. The summed E-state index contributed by atoms with van der Waals surface area (Å²) in [5.74, 6) is -2.29. The van der Waals surface area contributed by atoms with E-state index in [-0.39, 0.29) is 17.3 Å².